The summed E-state index contributed by atoms with van der Waals surface area (Å²) in [6.07, 6.45) is 5.47. The van der Waals surface area contributed by atoms with E-state index in [2.05, 4.69) is 132 Å². The summed E-state index contributed by atoms with van der Waals surface area (Å²) >= 11 is 0. The van der Waals surface area contributed by atoms with Gasteiger partial charge in [-0.1, -0.05) is 97.4 Å². The minimum absolute atomic E-state index is 0.180. The number of hydrogen-bond acceptors (Lipinski definition) is 1. The first kappa shape index (κ1) is 21.9. The molecule has 5 aromatic rings. The Balaban J connectivity index is 1.31. The van der Waals surface area contributed by atoms with Gasteiger partial charge < -0.3 is 4.90 Å². The Bertz CT molecular complexity index is 1640. The van der Waals surface area contributed by atoms with Gasteiger partial charge in [0.2, 0.25) is 0 Å². The third kappa shape index (κ3) is 3.18. The van der Waals surface area contributed by atoms with Crippen LogP contribution in [0.4, 0.5) is 17.1 Å². The summed E-state index contributed by atoms with van der Waals surface area (Å²) in [7, 11) is 0. The molecule has 2 saturated carbocycles. The highest BCUT2D eigenvalue weighted by molar-refractivity contribution is 5.87. The topological polar surface area (TPSA) is 3.24 Å². The summed E-state index contributed by atoms with van der Waals surface area (Å²) in [5, 5.41) is 0. The van der Waals surface area contributed by atoms with Gasteiger partial charge in [0, 0.05) is 22.5 Å². The van der Waals surface area contributed by atoms with Crippen LogP contribution in [0.3, 0.4) is 0 Å². The summed E-state index contributed by atoms with van der Waals surface area (Å²) in [5.74, 6) is 1.63. The van der Waals surface area contributed by atoms with Crippen molar-refractivity contribution in [3.8, 4) is 22.3 Å². The van der Waals surface area contributed by atoms with Gasteiger partial charge in [0.05, 0.1) is 0 Å². The van der Waals surface area contributed by atoms with Gasteiger partial charge in [-0.3, -0.25) is 0 Å². The Labute approximate surface area is 225 Å². The normalized spacial score (nSPS) is 22.4. The molecular weight excluding hydrogens is 458 g/mol. The molecule has 3 atom stereocenters. The van der Waals surface area contributed by atoms with Crippen molar-refractivity contribution in [2.75, 3.05) is 4.90 Å². The Morgan fingerprint density at radius 3 is 2.00 bits per heavy atom. The first-order chi connectivity index (χ1) is 18.8. The highest BCUT2D eigenvalue weighted by Gasteiger charge is 2.56. The van der Waals surface area contributed by atoms with Gasteiger partial charge in [0.25, 0.3) is 0 Å². The smallest absolute Gasteiger partial charge is 0.0467 e. The molecular formula is C37H31N. The Morgan fingerprint density at radius 2 is 1.21 bits per heavy atom. The fourth-order valence-electron chi connectivity index (χ4n) is 8.00. The minimum Gasteiger partial charge on any atom is -0.310 e. The summed E-state index contributed by atoms with van der Waals surface area (Å²) in [6.45, 7) is 0. The molecule has 8 rings (SSSR count). The molecule has 2 fully saturated rings. The molecule has 0 aromatic heterocycles. The van der Waals surface area contributed by atoms with Crippen LogP contribution in [0.1, 0.15) is 36.8 Å². The van der Waals surface area contributed by atoms with Gasteiger partial charge in [-0.25, -0.2) is 0 Å². The van der Waals surface area contributed by atoms with Crippen LogP contribution in [0.25, 0.3) is 22.3 Å². The van der Waals surface area contributed by atoms with Gasteiger partial charge in [0.1, 0.15) is 0 Å². The van der Waals surface area contributed by atoms with Crippen molar-refractivity contribution in [3.05, 3.63) is 139 Å². The first-order valence-corrected chi connectivity index (χ1v) is 14.1. The predicted octanol–water partition coefficient (Wildman–Crippen LogP) is 9.91. The van der Waals surface area contributed by atoms with Crippen LogP contribution in [-0.4, -0.2) is 0 Å². The molecule has 0 N–H and O–H groups in total. The van der Waals surface area contributed by atoms with Crippen molar-refractivity contribution in [1.29, 1.82) is 0 Å². The van der Waals surface area contributed by atoms with Crippen LogP contribution in [0.2, 0.25) is 0 Å². The second-order valence-corrected chi connectivity index (χ2v) is 11.4. The average Bonchev–Trinajstić information content (AvgIpc) is 3.68. The molecule has 0 radical (unpaired) electrons. The average molecular weight is 490 g/mol. The van der Waals surface area contributed by atoms with E-state index in [1.54, 1.807) is 11.1 Å². The Hall–Kier alpha value is -4.10. The molecule has 1 nitrogen and oxygen atoms in total. The molecule has 2 bridgehead atoms. The van der Waals surface area contributed by atoms with Crippen molar-refractivity contribution in [1.82, 2.24) is 0 Å². The summed E-state index contributed by atoms with van der Waals surface area (Å²) in [5.41, 5.74) is 12.3. The third-order valence-corrected chi connectivity index (χ3v) is 9.51. The molecule has 0 saturated heterocycles. The highest BCUT2D eigenvalue weighted by atomic mass is 15.1. The van der Waals surface area contributed by atoms with E-state index in [0.717, 1.165) is 11.8 Å². The lowest BCUT2D eigenvalue weighted by Crippen LogP contribution is -2.32. The zero-order valence-electron chi connectivity index (χ0n) is 21.6. The number of para-hydroxylation sites is 1. The van der Waals surface area contributed by atoms with Gasteiger partial charge in [-0.2, -0.15) is 0 Å². The van der Waals surface area contributed by atoms with Crippen LogP contribution in [0, 0.1) is 11.8 Å². The van der Waals surface area contributed by atoms with Gasteiger partial charge in [-0.15, -0.1) is 0 Å². The van der Waals surface area contributed by atoms with E-state index < -0.39 is 0 Å². The summed E-state index contributed by atoms with van der Waals surface area (Å²) in [6, 6.07) is 47.0. The van der Waals surface area contributed by atoms with E-state index >= 15 is 0 Å². The molecule has 38 heavy (non-hydrogen) atoms. The lowest BCUT2D eigenvalue weighted by atomic mass is 9.67. The number of fused-ring (bicyclic) bond motifs is 8. The summed E-state index contributed by atoms with van der Waals surface area (Å²) < 4.78 is 0. The van der Waals surface area contributed by atoms with E-state index in [4.69, 9.17) is 0 Å². The fourth-order valence-corrected chi connectivity index (χ4v) is 8.00. The number of anilines is 3. The molecule has 0 amide bonds. The maximum Gasteiger partial charge on any atom is 0.0467 e. The molecule has 1 spiro atoms. The third-order valence-electron chi connectivity index (χ3n) is 9.51. The van der Waals surface area contributed by atoms with Crippen LogP contribution >= 0.6 is 0 Å². The molecule has 184 valence electrons. The summed E-state index contributed by atoms with van der Waals surface area (Å²) in [4.78, 5) is 2.44. The fraction of sp³-hybridized carbons (Fsp3) is 0.189. The lowest BCUT2D eigenvalue weighted by Gasteiger charge is -2.37. The molecule has 0 aliphatic heterocycles. The van der Waals surface area contributed by atoms with Gasteiger partial charge >= 0.3 is 0 Å². The maximum atomic E-state index is 2.54. The molecule has 3 aliphatic carbocycles. The van der Waals surface area contributed by atoms with E-state index in [0.29, 0.717) is 0 Å². The number of nitrogens with zero attached hydrogens (tertiary/aromatic N) is 1. The van der Waals surface area contributed by atoms with Gasteiger partial charge in [0.15, 0.2) is 0 Å². The molecule has 1 heteroatoms. The molecule has 3 aliphatic rings. The zero-order valence-corrected chi connectivity index (χ0v) is 21.6. The zero-order chi connectivity index (χ0) is 25.1. The number of rotatable bonds is 4. The first-order valence-electron chi connectivity index (χ1n) is 14.1. The Kier molecular flexibility index (Phi) is 4.88. The molecule has 0 heterocycles. The number of hydrogen-bond donors (Lipinski definition) is 0. The van der Waals surface area contributed by atoms with Gasteiger partial charge in [-0.05, 0) is 101 Å². The monoisotopic (exact) mass is 489 g/mol. The van der Waals surface area contributed by atoms with Crippen molar-refractivity contribution in [3.63, 3.8) is 0 Å². The molecule has 5 aromatic carbocycles. The maximum absolute atomic E-state index is 2.54. The van der Waals surface area contributed by atoms with Crippen LogP contribution in [-0.2, 0) is 5.41 Å². The quantitative estimate of drug-likeness (QED) is 0.243. The second kappa shape index (κ2) is 8.46. The van der Waals surface area contributed by atoms with E-state index in [9.17, 15) is 0 Å². The predicted molar refractivity (Wildman–Crippen MR) is 158 cm³/mol. The standard InChI is InChI=1S/C37H31N/c1-3-10-27(11-4-1)28-12-9-15-31(23-28)38(30-13-5-2-6-14-30)32-20-21-34-33-16-7-8-17-35(33)37(36(34)24-32)25-26-18-19-29(37)22-26/h1-17,20-21,23-24,26,29H,18-19,22,25H2. The van der Waals surface area contributed by atoms with Crippen LogP contribution in [0.15, 0.2) is 127 Å². The van der Waals surface area contributed by atoms with E-state index in [1.807, 2.05) is 0 Å². The highest BCUT2D eigenvalue weighted by Crippen LogP contribution is 2.66. The molecule has 3 unspecified atom stereocenters. The minimum atomic E-state index is 0.180. The van der Waals surface area contributed by atoms with Crippen molar-refractivity contribution in [2.45, 2.75) is 31.1 Å². The van der Waals surface area contributed by atoms with Crippen LogP contribution < -0.4 is 4.90 Å². The number of benzene rings is 5. The largest absolute Gasteiger partial charge is 0.310 e. The SMILES string of the molecule is c1ccc(-c2cccc(N(c3ccccc3)c3ccc4c(c3)C3(CC5CCC3C5)c3ccccc3-4)c2)cc1. The second-order valence-electron chi connectivity index (χ2n) is 11.4. The van der Waals surface area contributed by atoms with E-state index in [-0.39, 0.29) is 5.41 Å². The van der Waals surface area contributed by atoms with E-state index in [1.165, 1.54) is 65.0 Å². The van der Waals surface area contributed by atoms with Crippen LogP contribution in [0.5, 0.6) is 0 Å². The Morgan fingerprint density at radius 1 is 0.526 bits per heavy atom. The van der Waals surface area contributed by atoms with Crippen molar-refractivity contribution >= 4 is 17.1 Å². The van der Waals surface area contributed by atoms with Crippen molar-refractivity contribution in [2.24, 2.45) is 11.8 Å². The lowest BCUT2D eigenvalue weighted by molar-refractivity contribution is 0.327. The van der Waals surface area contributed by atoms with Crippen molar-refractivity contribution < 1.29 is 0 Å².